The number of methoxy groups -OCH3 is 1. The van der Waals surface area contributed by atoms with Crippen LogP contribution in [-0.2, 0) is 20.9 Å². The van der Waals surface area contributed by atoms with Crippen molar-refractivity contribution >= 4 is 21.6 Å². The van der Waals surface area contributed by atoms with E-state index in [1.165, 1.54) is 35.7 Å². The van der Waals surface area contributed by atoms with Crippen LogP contribution in [0.25, 0.3) is 0 Å². The van der Waals surface area contributed by atoms with E-state index in [0.29, 0.717) is 0 Å². The topological polar surface area (TPSA) is 97.0 Å². The van der Waals surface area contributed by atoms with E-state index in [4.69, 9.17) is 9.47 Å². The first-order valence-electron chi connectivity index (χ1n) is 9.12. The van der Waals surface area contributed by atoms with E-state index in [1.54, 1.807) is 0 Å². The summed E-state index contributed by atoms with van der Waals surface area (Å²) in [6.07, 6.45) is -4.53. The normalized spacial score (nSPS) is 15.4. The smallest absolute Gasteiger partial charge is 0.416 e. The molecule has 0 saturated carbocycles. The molecule has 1 saturated heterocycles. The second-order valence-corrected chi connectivity index (χ2v) is 8.47. The lowest BCUT2D eigenvalue weighted by Gasteiger charge is -2.26. The molecule has 0 bridgehead atoms. The summed E-state index contributed by atoms with van der Waals surface area (Å²) in [5.41, 5.74) is 3.67. The standard InChI is InChI=1S/C19H20F3N3O5S/c1-29-17-6-5-15(31(27,28)25-7-9-30-10-8-25)12-16(17)18(26)24-23-14-4-2-3-13(11-14)19(20,21)22/h2-6,11-12,23H,7-10H2,1H3,(H,24,26). The lowest BCUT2D eigenvalue weighted by Crippen LogP contribution is -2.40. The molecule has 31 heavy (non-hydrogen) atoms. The monoisotopic (exact) mass is 459 g/mol. The maximum atomic E-state index is 12.8. The third kappa shape index (κ3) is 5.27. The van der Waals surface area contributed by atoms with Crippen LogP contribution >= 0.6 is 0 Å². The molecule has 1 aliphatic heterocycles. The Kier molecular flexibility index (Phi) is 6.72. The van der Waals surface area contributed by atoms with Gasteiger partial charge in [0.05, 0.1) is 42.0 Å². The highest BCUT2D eigenvalue weighted by Gasteiger charge is 2.31. The minimum Gasteiger partial charge on any atom is -0.496 e. The number of benzene rings is 2. The Morgan fingerprint density at radius 2 is 1.84 bits per heavy atom. The Bertz CT molecular complexity index is 1050. The Hall–Kier alpha value is -2.83. The van der Waals surface area contributed by atoms with E-state index >= 15 is 0 Å². The number of hydrogen-bond donors (Lipinski definition) is 2. The Labute approximate surface area is 177 Å². The van der Waals surface area contributed by atoms with Crippen molar-refractivity contribution in [3.8, 4) is 5.75 Å². The van der Waals surface area contributed by atoms with Gasteiger partial charge in [-0.2, -0.15) is 17.5 Å². The van der Waals surface area contributed by atoms with Gasteiger partial charge in [-0.05, 0) is 36.4 Å². The number of hydrazine groups is 1. The summed E-state index contributed by atoms with van der Waals surface area (Å²) in [6, 6.07) is 8.08. The van der Waals surface area contributed by atoms with Crippen molar-refractivity contribution in [3.05, 3.63) is 53.6 Å². The molecule has 0 unspecified atom stereocenters. The Balaban J connectivity index is 1.81. The van der Waals surface area contributed by atoms with Crippen molar-refractivity contribution in [1.82, 2.24) is 9.73 Å². The van der Waals surface area contributed by atoms with E-state index in [-0.39, 0.29) is 48.2 Å². The Morgan fingerprint density at radius 3 is 2.48 bits per heavy atom. The minimum atomic E-state index is -4.53. The van der Waals surface area contributed by atoms with Crippen molar-refractivity contribution in [2.24, 2.45) is 0 Å². The SMILES string of the molecule is COc1ccc(S(=O)(=O)N2CCOCC2)cc1C(=O)NNc1cccc(C(F)(F)F)c1. The van der Waals surface area contributed by atoms with Crippen LogP contribution in [0.5, 0.6) is 5.75 Å². The van der Waals surface area contributed by atoms with Gasteiger partial charge in [0.15, 0.2) is 0 Å². The number of nitrogens with zero attached hydrogens (tertiary/aromatic N) is 1. The highest BCUT2D eigenvalue weighted by Crippen LogP contribution is 2.30. The van der Waals surface area contributed by atoms with Gasteiger partial charge in [0.25, 0.3) is 5.91 Å². The second-order valence-electron chi connectivity index (χ2n) is 6.54. The Morgan fingerprint density at radius 1 is 1.13 bits per heavy atom. The first kappa shape index (κ1) is 22.8. The summed E-state index contributed by atoms with van der Waals surface area (Å²) in [5.74, 6) is -0.683. The van der Waals surface area contributed by atoms with Crippen LogP contribution < -0.4 is 15.6 Å². The maximum Gasteiger partial charge on any atom is 0.416 e. The quantitative estimate of drug-likeness (QED) is 0.645. The second kappa shape index (κ2) is 9.12. The number of sulfonamides is 1. The molecule has 2 aromatic carbocycles. The molecule has 8 nitrogen and oxygen atoms in total. The number of carbonyl (C=O) groups excluding carboxylic acids is 1. The third-order valence-electron chi connectivity index (χ3n) is 4.53. The zero-order chi connectivity index (χ0) is 22.6. The van der Waals surface area contributed by atoms with E-state index in [0.717, 1.165) is 18.2 Å². The van der Waals surface area contributed by atoms with E-state index in [1.807, 2.05) is 0 Å². The fourth-order valence-corrected chi connectivity index (χ4v) is 4.37. The number of carbonyl (C=O) groups is 1. The predicted molar refractivity (Wildman–Crippen MR) is 105 cm³/mol. The minimum absolute atomic E-state index is 0.000709. The number of amides is 1. The summed E-state index contributed by atoms with van der Waals surface area (Å²) in [4.78, 5) is 12.5. The van der Waals surface area contributed by atoms with Crippen molar-refractivity contribution in [1.29, 1.82) is 0 Å². The molecule has 1 fully saturated rings. The predicted octanol–water partition coefficient (Wildman–Crippen LogP) is 2.49. The number of halogens is 3. The number of morpholine rings is 1. The largest absolute Gasteiger partial charge is 0.496 e. The molecular weight excluding hydrogens is 439 g/mol. The van der Waals surface area contributed by atoms with E-state index in [2.05, 4.69) is 10.9 Å². The van der Waals surface area contributed by atoms with Gasteiger partial charge in [0.2, 0.25) is 10.0 Å². The van der Waals surface area contributed by atoms with Gasteiger partial charge in [0.1, 0.15) is 5.75 Å². The van der Waals surface area contributed by atoms with E-state index in [9.17, 15) is 26.4 Å². The summed E-state index contributed by atoms with van der Waals surface area (Å²) >= 11 is 0. The zero-order valence-corrected chi connectivity index (χ0v) is 17.2. The van der Waals surface area contributed by atoms with Crippen molar-refractivity contribution in [2.75, 3.05) is 38.8 Å². The summed E-state index contributed by atoms with van der Waals surface area (Å²) in [7, 11) is -2.55. The van der Waals surface area contributed by atoms with Crippen LogP contribution in [0.4, 0.5) is 18.9 Å². The molecule has 1 heterocycles. The third-order valence-corrected chi connectivity index (χ3v) is 6.43. The molecule has 0 radical (unpaired) electrons. The molecule has 0 spiro atoms. The number of nitrogens with one attached hydrogen (secondary N) is 2. The van der Waals surface area contributed by atoms with Gasteiger partial charge in [-0.3, -0.25) is 15.6 Å². The fourth-order valence-electron chi connectivity index (χ4n) is 2.93. The van der Waals surface area contributed by atoms with Crippen molar-refractivity contribution in [3.63, 3.8) is 0 Å². The molecular formula is C19H20F3N3O5S. The summed E-state index contributed by atoms with van der Waals surface area (Å²) in [5, 5.41) is 0. The van der Waals surface area contributed by atoms with Crippen LogP contribution in [0.3, 0.4) is 0 Å². The summed E-state index contributed by atoms with van der Waals surface area (Å²) in [6.45, 7) is 0.910. The number of anilines is 1. The average Bonchev–Trinajstić information content (AvgIpc) is 2.77. The fraction of sp³-hybridized carbons (Fsp3) is 0.316. The zero-order valence-electron chi connectivity index (χ0n) is 16.4. The average molecular weight is 459 g/mol. The molecule has 1 amide bonds. The van der Waals surface area contributed by atoms with Crippen molar-refractivity contribution < 1.29 is 35.9 Å². The lowest BCUT2D eigenvalue weighted by atomic mass is 10.2. The van der Waals surface area contributed by atoms with Crippen LogP contribution in [0.1, 0.15) is 15.9 Å². The van der Waals surface area contributed by atoms with Gasteiger partial charge < -0.3 is 9.47 Å². The lowest BCUT2D eigenvalue weighted by molar-refractivity contribution is -0.137. The first-order valence-corrected chi connectivity index (χ1v) is 10.6. The first-order chi connectivity index (χ1) is 14.6. The van der Waals surface area contributed by atoms with E-state index < -0.39 is 27.7 Å². The number of ether oxygens (including phenoxy) is 2. The molecule has 0 aliphatic carbocycles. The molecule has 2 N–H and O–H groups in total. The molecule has 2 aromatic rings. The van der Waals surface area contributed by atoms with Gasteiger partial charge in [-0.1, -0.05) is 6.07 Å². The van der Waals surface area contributed by atoms with Crippen LogP contribution in [0.2, 0.25) is 0 Å². The summed E-state index contributed by atoms with van der Waals surface area (Å²) < 4.78 is 75.8. The van der Waals surface area contributed by atoms with Gasteiger partial charge in [-0.25, -0.2) is 8.42 Å². The molecule has 12 heteroatoms. The molecule has 168 valence electrons. The van der Waals surface area contributed by atoms with Crippen LogP contribution in [0, 0.1) is 0 Å². The molecule has 0 aromatic heterocycles. The molecule has 0 atom stereocenters. The highest BCUT2D eigenvalue weighted by atomic mass is 32.2. The molecule has 3 rings (SSSR count). The van der Waals surface area contributed by atoms with Gasteiger partial charge in [0, 0.05) is 13.1 Å². The molecule has 1 aliphatic rings. The van der Waals surface area contributed by atoms with Gasteiger partial charge >= 0.3 is 6.18 Å². The van der Waals surface area contributed by atoms with Crippen LogP contribution in [0.15, 0.2) is 47.4 Å². The van der Waals surface area contributed by atoms with Crippen LogP contribution in [-0.4, -0.2) is 52.0 Å². The number of rotatable bonds is 6. The number of alkyl halides is 3. The highest BCUT2D eigenvalue weighted by molar-refractivity contribution is 7.89. The maximum absolute atomic E-state index is 12.8. The number of hydrogen-bond acceptors (Lipinski definition) is 6. The van der Waals surface area contributed by atoms with Crippen molar-refractivity contribution in [2.45, 2.75) is 11.1 Å². The van der Waals surface area contributed by atoms with Gasteiger partial charge in [-0.15, -0.1) is 0 Å².